The molecular formula is C10H11N3O4. The Hall–Kier alpha value is -2.36. The lowest BCUT2D eigenvalue weighted by Gasteiger charge is -2.15. The summed E-state index contributed by atoms with van der Waals surface area (Å²) < 4.78 is 0. The highest BCUT2D eigenvalue weighted by atomic mass is 16.4. The lowest BCUT2D eigenvalue weighted by molar-refractivity contribution is -0.140. The molecular weight excluding hydrogens is 226 g/mol. The Kier molecular flexibility index (Phi) is 4.22. The van der Waals surface area contributed by atoms with Crippen LogP contribution in [0.15, 0.2) is 5.10 Å². The number of carbonyl (C=O) groups excluding carboxylic acids is 2. The third kappa shape index (κ3) is 3.61. The number of carbonyl (C=O) groups is 3. The van der Waals surface area contributed by atoms with Crippen LogP contribution in [0, 0.1) is 12.3 Å². The van der Waals surface area contributed by atoms with Crippen LogP contribution in [0.2, 0.25) is 0 Å². The van der Waals surface area contributed by atoms with Gasteiger partial charge < -0.3 is 10.4 Å². The molecule has 1 heterocycles. The highest BCUT2D eigenvalue weighted by Crippen LogP contribution is 2.01. The van der Waals surface area contributed by atoms with Gasteiger partial charge >= 0.3 is 5.97 Å². The van der Waals surface area contributed by atoms with Crippen molar-refractivity contribution in [3.8, 4) is 12.3 Å². The second-order valence-electron chi connectivity index (χ2n) is 3.37. The van der Waals surface area contributed by atoms with Crippen LogP contribution in [0.4, 0.5) is 0 Å². The summed E-state index contributed by atoms with van der Waals surface area (Å²) in [5.41, 5.74) is 2.24. The molecule has 0 aromatic rings. The molecule has 1 rings (SSSR count). The Morgan fingerprint density at radius 2 is 2.29 bits per heavy atom. The van der Waals surface area contributed by atoms with Crippen LogP contribution in [0.3, 0.4) is 0 Å². The maximum absolute atomic E-state index is 11.6. The first-order valence-corrected chi connectivity index (χ1v) is 4.87. The number of nitrogens with one attached hydrogen (secondary N) is 2. The van der Waals surface area contributed by atoms with Gasteiger partial charge in [-0.05, 0) is 0 Å². The fourth-order valence-electron chi connectivity index (χ4n) is 1.20. The van der Waals surface area contributed by atoms with Crippen molar-refractivity contribution in [1.82, 2.24) is 10.7 Å². The lowest BCUT2D eigenvalue weighted by atomic mass is 10.1. The smallest absolute Gasteiger partial charge is 0.327 e. The molecule has 0 saturated heterocycles. The van der Waals surface area contributed by atoms with Gasteiger partial charge in [0, 0.05) is 19.3 Å². The van der Waals surface area contributed by atoms with E-state index in [1.165, 1.54) is 0 Å². The number of hydrazone groups is 1. The molecule has 0 aromatic heterocycles. The molecule has 1 aliphatic rings. The largest absolute Gasteiger partial charge is 0.480 e. The molecule has 2 amide bonds. The van der Waals surface area contributed by atoms with Gasteiger partial charge in [0.15, 0.2) is 0 Å². The van der Waals surface area contributed by atoms with Crippen molar-refractivity contribution in [2.75, 3.05) is 0 Å². The Bertz CT molecular complexity index is 422. The SMILES string of the molecule is C#CCC(NC(=O)C1=NNC(=O)CC1)C(=O)O. The fraction of sp³-hybridized carbons (Fsp3) is 0.400. The lowest BCUT2D eigenvalue weighted by Crippen LogP contribution is -2.45. The highest BCUT2D eigenvalue weighted by Gasteiger charge is 2.23. The molecule has 1 atom stereocenters. The normalized spacial score (nSPS) is 16.2. The monoisotopic (exact) mass is 237 g/mol. The van der Waals surface area contributed by atoms with Crippen LogP contribution in [0.1, 0.15) is 19.3 Å². The van der Waals surface area contributed by atoms with Gasteiger partial charge in [-0.25, -0.2) is 10.2 Å². The predicted octanol–water partition coefficient (Wildman–Crippen LogP) is -1.15. The van der Waals surface area contributed by atoms with Crippen LogP contribution in [0.25, 0.3) is 0 Å². The van der Waals surface area contributed by atoms with Crippen molar-refractivity contribution in [2.24, 2.45) is 5.10 Å². The topological polar surface area (TPSA) is 108 Å². The number of carboxylic acid groups (broad SMARTS) is 1. The molecule has 0 fully saturated rings. The Balaban J connectivity index is 2.62. The molecule has 3 N–H and O–H groups in total. The number of terminal acetylenes is 1. The van der Waals surface area contributed by atoms with E-state index in [1.54, 1.807) is 0 Å². The van der Waals surface area contributed by atoms with Crippen molar-refractivity contribution in [3.05, 3.63) is 0 Å². The van der Waals surface area contributed by atoms with Crippen LogP contribution < -0.4 is 10.7 Å². The molecule has 90 valence electrons. The number of amides is 2. The molecule has 17 heavy (non-hydrogen) atoms. The Morgan fingerprint density at radius 1 is 1.59 bits per heavy atom. The zero-order valence-electron chi connectivity index (χ0n) is 8.90. The van der Waals surface area contributed by atoms with Crippen LogP contribution in [-0.4, -0.2) is 34.6 Å². The van der Waals surface area contributed by atoms with Crippen molar-refractivity contribution >= 4 is 23.5 Å². The minimum atomic E-state index is -1.21. The minimum Gasteiger partial charge on any atom is -0.480 e. The van der Waals surface area contributed by atoms with Crippen LogP contribution in [-0.2, 0) is 14.4 Å². The number of aliphatic carboxylic acids is 1. The molecule has 0 bridgehead atoms. The van der Waals surface area contributed by atoms with E-state index in [-0.39, 0.29) is 30.9 Å². The summed E-state index contributed by atoms with van der Waals surface area (Å²) >= 11 is 0. The standard InChI is InChI=1S/C10H11N3O4/c1-2-3-7(10(16)17)11-9(15)6-4-5-8(14)13-12-6/h1,7H,3-5H2,(H,11,15)(H,13,14)(H,16,17). The van der Waals surface area contributed by atoms with Gasteiger partial charge in [-0.15, -0.1) is 12.3 Å². The summed E-state index contributed by atoms with van der Waals surface area (Å²) in [6.07, 6.45) is 5.21. The average Bonchev–Trinajstić information content (AvgIpc) is 2.29. The summed E-state index contributed by atoms with van der Waals surface area (Å²) in [5, 5.41) is 14.6. The van der Waals surface area contributed by atoms with Gasteiger partial charge in [-0.1, -0.05) is 0 Å². The summed E-state index contributed by atoms with van der Waals surface area (Å²) in [6.45, 7) is 0. The number of hydrogen-bond acceptors (Lipinski definition) is 4. The van der Waals surface area contributed by atoms with Crippen molar-refractivity contribution in [3.63, 3.8) is 0 Å². The quantitative estimate of drug-likeness (QED) is 0.536. The van der Waals surface area contributed by atoms with E-state index in [0.29, 0.717) is 0 Å². The molecule has 7 nitrogen and oxygen atoms in total. The van der Waals surface area contributed by atoms with Gasteiger partial charge in [-0.2, -0.15) is 5.10 Å². The molecule has 0 saturated carbocycles. The maximum Gasteiger partial charge on any atom is 0.327 e. The van der Waals surface area contributed by atoms with Gasteiger partial charge in [0.2, 0.25) is 5.91 Å². The molecule has 1 unspecified atom stereocenters. The van der Waals surface area contributed by atoms with E-state index < -0.39 is 17.9 Å². The van der Waals surface area contributed by atoms with Crippen molar-refractivity contribution < 1.29 is 19.5 Å². The first-order chi connectivity index (χ1) is 8.04. The van der Waals surface area contributed by atoms with E-state index in [2.05, 4.69) is 21.8 Å². The summed E-state index contributed by atoms with van der Waals surface area (Å²) in [7, 11) is 0. The van der Waals surface area contributed by atoms with Crippen molar-refractivity contribution in [1.29, 1.82) is 0 Å². The first kappa shape index (κ1) is 12.7. The third-order valence-electron chi connectivity index (χ3n) is 2.09. The van der Waals surface area contributed by atoms with E-state index in [9.17, 15) is 14.4 Å². The fourth-order valence-corrected chi connectivity index (χ4v) is 1.20. The molecule has 0 aliphatic carbocycles. The molecule has 0 aromatic carbocycles. The number of carboxylic acids is 1. The van der Waals surface area contributed by atoms with E-state index in [1.807, 2.05) is 0 Å². The van der Waals surface area contributed by atoms with Crippen molar-refractivity contribution in [2.45, 2.75) is 25.3 Å². The maximum atomic E-state index is 11.6. The summed E-state index contributed by atoms with van der Waals surface area (Å²) in [5.74, 6) is 0.0383. The highest BCUT2D eigenvalue weighted by molar-refractivity contribution is 6.39. The third-order valence-corrected chi connectivity index (χ3v) is 2.09. The van der Waals surface area contributed by atoms with E-state index in [4.69, 9.17) is 11.5 Å². The molecule has 7 heteroatoms. The predicted molar refractivity (Wildman–Crippen MR) is 57.8 cm³/mol. The summed E-state index contributed by atoms with van der Waals surface area (Å²) in [4.78, 5) is 33.1. The van der Waals surface area contributed by atoms with E-state index >= 15 is 0 Å². The zero-order valence-corrected chi connectivity index (χ0v) is 8.90. The van der Waals surface area contributed by atoms with Gasteiger partial charge in [-0.3, -0.25) is 9.59 Å². The van der Waals surface area contributed by atoms with Crippen LogP contribution in [0.5, 0.6) is 0 Å². The molecule has 0 radical (unpaired) electrons. The molecule has 1 aliphatic heterocycles. The molecule has 0 spiro atoms. The number of hydrogen-bond donors (Lipinski definition) is 3. The number of nitrogens with zero attached hydrogens (tertiary/aromatic N) is 1. The zero-order chi connectivity index (χ0) is 12.8. The Morgan fingerprint density at radius 3 is 2.76 bits per heavy atom. The summed E-state index contributed by atoms with van der Waals surface area (Å²) in [6, 6.07) is -1.15. The number of rotatable bonds is 4. The first-order valence-electron chi connectivity index (χ1n) is 4.87. The van der Waals surface area contributed by atoms with Gasteiger partial charge in [0.05, 0.1) is 0 Å². The Labute approximate surface area is 97.3 Å². The average molecular weight is 237 g/mol. The van der Waals surface area contributed by atoms with Crippen LogP contribution >= 0.6 is 0 Å². The van der Waals surface area contributed by atoms with Gasteiger partial charge in [0.1, 0.15) is 11.8 Å². The second-order valence-corrected chi connectivity index (χ2v) is 3.37. The second kappa shape index (κ2) is 5.65. The van der Waals surface area contributed by atoms with Gasteiger partial charge in [0.25, 0.3) is 5.91 Å². The minimum absolute atomic E-state index is 0.0906. The van der Waals surface area contributed by atoms with E-state index in [0.717, 1.165) is 0 Å².